The number of non-ortho nitro benzene ring substituents is 1. The largest absolute Gasteiger partial charge is 0.314 e. The van der Waals surface area contributed by atoms with Crippen molar-refractivity contribution in [2.45, 2.75) is 52.5 Å². The molecule has 0 spiro atoms. The van der Waals surface area contributed by atoms with Crippen LogP contribution in [0.15, 0.2) is 24.3 Å². The lowest BCUT2D eigenvalue weighted by Gasteiger charge is -2.19. The molecule has 0 bridgehead atoms. The van der Waals surface area contributed by atoms with E-state index in [0.29, 0.717) is 12.0 Å². The molecule has 1 unspecified atom stereocenters. The summed E-state index contributed by atoms with van der Waals surface area (Å²) in [5.41, 5.74) is 1.32. The first-order valence-electron chi connectivity index (χ1n) is 7.49. The number of nitro benzene ring substituents is 1. The van der Waals surface area contributed by atoms with Crippen molar-refractivity contribution in [3.8, 4) is 0 Å². The Morgan fingerprint density at radius 1 is 1.20 bits per heavy atom. The molecule has 1 aromatic rings. The van der Waals surface area contributed by atoms with Crippen molar-refractivity contribution >= 4 is 5.69 Å². The molecule has 20 heavy (non-hydrogen) atoms. The summed E-state index contributed by atoms with van der Waals surface area (Å²) in [5, 5.41) is 14.2. The van der Waals surface area contributed by atoms with Gasteiger partial charge in [0.1, 0.15) is 0 Å². The molecule has 0 aliphatic carbocycles. The van der Waals surface area contributed by atoms with Gasteiger partial charge in [-0.2, -0.15) is 0 Å². The molecule has 0 fully saturated rings. The van der Waals surface area contributed by atoms with Gasteiger partial charge in [-0.1, -0.05) is 32.9 Å². The molecule has 0 amide bonds. The van der Waals surface area contributed by atoms with Crippen molar-refractivity contribution in [2.24, 2.45) is 5.92 Å². The van der Waals surface area contributed by atoms with E-state index in [1.54, 1.807) is 12.1 Å². The lowest BCUT2D eigenvalue weighted by Crippen LogP contribution is -2.32. The zero-order chi connectivity index (χ0) is 15.0. The Morgan fingerprint density at radius 2 is 1.85 bits per heavy atom. The lowest BCUT2D eigenvalue weighted by atomic mass is 9.97. The minimum Gasteiger partial charge on any atom is -0.314 e. The molecule has 0 aliphatic heterocycles. The van der Waals surface area contributed by atoms with Gasteiger partial charge in [0.15, 0.2) is 0 Å². The van der Waals surface area contributed by atoms with Gasteiger partial charge < -0.3 is 5.32 Å². The van der Waals surface area contributed by atoms with Crippen molar-refractivity contribution in [3.05, 3.63) is 39.9 Å². The second kappa shape index (κ2) is 8.69. The summed E-state index contributed by atoms with van der Waals surface area (Å²) in [5.74, 6) is 0.706. The molecule has 0 heterocycles. The van der Waals surface area contributed by atoms with Crippen LogP contribution in [0.2, 0.25) is 0 Å². The Morgan fingerprint density at radius 3 is 2.35 bits per heavy atom. The molecule has 1 N–H and O–H groups in total. The second-order valence-electron chi connectivity index (χ2n) is 5.75. The third kappa shape index (κ3) is 6.15. The van der Waals surface area contributed by atoms with Gasteiger partial charge in [0.25, 0.3) is 5.69 Å². The fourth-order valence-corrected chi connectivity index (χ4v) is 2.20. The van der Waals surface area contributed by atoms with Crippen LogP contribution in [-0.2, 0) is 6.42 Å². The topological polar surface area (TPSA) is 55.2 Å². The van der Waals surface area contributed by atoms with E-state index in [-0.39, 0.29) is 10.6 Å². The van der Waals surface area contributed by atoms with Crippen molar-refractivity contribution in [1.82, 2.24) is 5.32 Å². The van der Waals surface area contributed by atoms with Crippen molar-refractivity contribution in [1.29, 1.82) is 0 Å². The number of nitrogens with zero attached hydrogens (tertiary/aromatic N) is 1. The van der Waals surface area contributed by atoms with Crippen LogP contribution in [0.3, 0.4) is 0 Å². The number of hydrogen-bond acceptors (Lipinski definition) is 3. The van der Waals surface area contributed by atoms with Gasteiger partial charge in [-0.05, 0) is 43.7 Å². The maximum atomic E-state index is 10.6. The number of nitro groups is 1. The van der Waals surface area contributed by atoms with Crippen molar-refractivity contribution < 1.29 is 4.92 Å². The van der Waals surface area contributed by atoms with Crippen LogP contribution in [0.25, 0.3) is 0 Å². The Bertz CT molecular complexity index is 401. The molecule has 1 aromatic carbocycles. The Hall–Kier alpha value is -1.42. The summed E-state index contributed by atoms with van der Waals surface area (Å²) < 4.78 is 0. The zero-order valence-corrected chi connectivity index (χ0v) is 12.8. The van der Waals surface area contributed by atoms with Gasteiger partial charge in [-0.15, -0.1) is 0 Å². The number of rotatable bonds is 9. The molecule has 0 radical (unpaired) electrons. The molecule has 1 atom stereocenters. The summed E-state index contributed by atoms with van der Waals surface area (Å²) in [6.07, 6.45) is 4.41. The number of nitrogens with one attached hydrogen (secondary N) is 1. The Labute approximate surface area is 121 Å². The summed E-state index contributed by atoms with van der Waals surface area (Å²) in [4.78, 5) is 10.3. The van der Waals surface area contributed by atoms with E-state index in [0.717, 1.165) is 31.4 Å². The van der Waals surface area contributed by atoms with Crippen LogP contribution in [0.1, 0.15) is 45.6 Å². The minimum atomic E-state index is -0.352. The smallest absolute Gasteiger partial charge is 0.269 e. The van der Waals surface area contributed by atoms with Gasteiger partial charge in [-0.3, -0.25) is 10.1 Å². The molecule has 112 valence electrons. The van der Waals surface area contributed by atoms with E-state index in [9.17, 15) is 10.1 Å². The average molecular weight is 278 g/mol. The third-order valence-electron chi connectivity index (χ3n) is 3.40. The van der Waals surface area contributed by atoms with Gasteiger partial charge >= 0.3 is 0 Å². The number of hydrogen-bond donors (Lipinski definition) is 1. The maximum Gasteiger partial charge on any atom is 0.269 e. The second-order valence-corrected chi connectivity index (χ2v) is 5.75. The first kappa shape index (κ1) is 16.6. The lowest BCUT2D eigenvalue weighted by molar-refractivity contribution is -0.384. The molecule has 1 rings (SSSR count). The van der Waals surface area contributed by atoms with E-state index in [2.05, 4.69) is 26.1 Å². The van der Waals surface area contributed by atoms with Crippen LogP contribution in [-0.4, -0.2) is 17.5 Å². The molecule has 0 saturated heterocycles. The van der Waals surface area contributed by atoms with E-state index >= 15 is 0 Å². The maximum absolute atomic E-state index is 10.6. The van der Waals surface area contributed by atoms with Gasteiger partial charge in [0, 0.05) is 18.2 Å². The summed E-state index contributed by atoms with van der Waals surface area (Å²) in [7, 11) is 0. The Kier molecular flexibility index (Phi) is 7.23. The highest BCUT2D eigenvalue weighted by Gasteiger charge is 2.11. The minimum absolute atomic E-state index is 0.161. The van der Waals surface area contributed by atoms with Crippen LogP contribution in [0.5, 0.6) is 0 Å². The highest BCUT2D eigenvalue weighted by molar-refractivity contribution is 5.33. The molecule has 0 aromatic heterocycles. The fourth-order valence-electron chi connectivity index (χ4n) is 2.20. The zero-order valence-electron chi connectivity index (χ0n) is 12.8. The first-order chi connectivity index (χ1) is 9.52. The molecular formula is C16H26N2O2. The van der Waals surface area contributed by atoms with Gasteiger partial charge in [-0.25, -0.2) is 0 Å². The third-order valence-corrected chi connectivity index (χ3v) is 3.40. The summed E-state index contributed by atoms with van der Waals surface area (Å²) in [6.45, 7) is 7.67. The quantitative estimate of drug-likeness (QED) is 0.550. The molecule has 4 nitrogen and oxygen atoms in total. The SMILES string of the molecule is CCCNC(CCC(C)C)Cc1ccc([N+](=O)[O-])cc1. The molecular weight excluding hydrogens is 252 g/mol. The van der Waals surface area contributed by atoms with Crippen LogP contribution in [0.4, 0.5) is 5.69 Å². The van der Waals surface area contributed by atoms with E-state index in [1.807, 2.05) is 12.1 Å². The van der Waals surface area contributed by atoms with Gasteiger partial charge in [0.05, 0.1) is 4.92 Å². The van der Waals surface area contributed by atoms with Crippen LogP contribution in [0, 0.1) is 16.0 Å². The number of benzene rings is 1. The predicted octanol–water partition coefficient (Wildman–Crippen LogP) is 3.94. The highest BCUT2D eigenvalue weighted by Crippen LogP contribution is 2.16. The predicted molar refractivity (Wildman–Crippen MR) is 83.0 cm³/mol. The van der Waals surface area contributed by atoms with Crippen LogP contribution >= 0.6 is 0 Å². The fraction of sp³-hybridized carbons (Fsp3) is 0.625. The normalized spacial score (nSPS) is 12.6. The van der Waals surface area contributed by atoms with E-state index in [4.69, 9.17) is 0 Å². The molecule has 0 saturated carbocycles. The van der Waals surface area contributed by atoms with Crippen molar-refractivity contribution in [3.63, 3.8) is 0 Å². The summed E-state index contributed by atoms with van der Waals surface area (Å²) in [6, 6.07) is 7.38. The van der Waals surface area contributed by atoms with E-state index in [1.165, 1.54) is 6.42 Å². The van der Waals surface area contributed by atoms with Crippen molar-refractivity contribution in [2.75, 3.05) is 6.54 Å². The molecule has 0 aliphatic rings. The van der Waals surface area contributed by atoms with E-state index < -0.39 is 0 Å². The first-order valence-corrected chi connectivity index (χ1v) is 7.49. The monoisotopic (exact) mass is 278 g/mol. The summed E-state index contributed by atoms with van der Waals surface area (Å²) >= 11 is 0. The standard InChI is InChI=1S/C16H26N2O2/c1-4-11-17-15(8-5-13(2)3)12-14-6-9-16(10-7-14)18(19)20/h6-7,9-10,13,15,17H,4-5,8,11-12H2,1-3H3. The Balaban J connectivity index is 2.60. The molecule has 4 heteroatoms. The van der Waals surface area contributed by atoms with Gasteiger partial charge in [0.2, 0.25) is 0 Å². The average Bonchev–Trinajstić information content (AvgIpc) is 2.42. The highest BCUT2D eigenvalue weighted by atomic mass is 16.6. The van der Waals surface area contributed by atoms with Crippen LogP contribution < -0.4 is 5.32 Å².